The number of carbonyl (C=O) groups is 4. The number of anilines is 1. The lowest BCUT2D eigenvalue weighted by atomic mass is 10.0. The van der Waals surface area contributed by atoms with Crippen molar-refractivity contribution in [2.24, 2.45) is 5.16 Å². The molecule has 0 spiro atoms. The van der Waals surface area contributed by atoms with Crippen molar-refractivity contribution < 1.29 is 33.5 Å². The van der Waals surface area contributed by atoms with Gasteiger partial charge >= 0.3 is 11.9 Å². The Morgan fingerprint density at radius 1 is 1.39 bits per heavy atom. The number of nitrogens with zero attached hydrogens (tertiary/aromatic N) is 3. The molecule has 0 bridgehead atoms. The molecule has 0 radical (unpaired) electrons. The summed E-state index contributed by atoms with van der Waals surface area (Å²) in [5.74, 6) is -2.03. The molecule has 2 atom stereocenters. The lowest BCUT2D eigenvalue weighted by Gasteiger charge is -2.49. The van der Waals surface area contributed by atoms with Crippen molar-refractivity contribution in [3.63, 3.8) is 0 Å². The maximum Gasteiger partial charge on any atom is 0.355 e. The Labute approximate surface area is 215 Å². The van der Waals surface area contributed by atoms with E-state index in [4.69, 9.17) is 20.0 Å². The van der Waals surface area contributed by atoms with Crippen molar-refractivity contribution in [3.05, 3.63) is 34.0 Å². The number of hydrogen-bond donors (Lipinski definition) is 2. The highest BCUT2D eigenvalue weighted by molar-refractivity contribution is 8.00. The Morgan fingerprint density at radius 3 is 2.69 bits per heavy atom. The van der Waals surface area contributed by atoms with Crippen molar-refractivity contribution in [2.75, 3.05) is 25.2 Å². The molecule has 36 heavy (non-hydrogen) atoms. The summed E-state index contributed by atoms with van der Waals surface area (Å²) < 4.78 is 10.5. The van der Waals surface area contributed by atoms with Gasteiger partial charge in [-0.3, -0.25) is 14.5 Å². The first kappa shape index (κ1) is 27.2. The van der Waals surface area contributed by atoms with Crippen molar-refractivity contribution in [2.45, 2.75) is 45.2 Å². The van der Waals surface area contributed by atoms with Gasteiger partial charge in [-0.2, -0.15) is 0 Å². The molecule has 2 aliphatic rings. The molecule has 14 heteroatoms. The van der Waals surface area contributed by atoms with E-state index in [0.29, 0.717) is 11.3 Å². The van der Waals surface area contributed by atoms with Gasteiger partial charge in [0.25, 0.3) is 11.8 Å². The summed E-state index contributed by atoms with van der Waals surface area (Å²) in [6.45, 7) is 6.48. The number of ether oxygens (including phenoxy) is 2. The van der Waals surface area contributed by atoms with Gasteiger partial charge in [0, 0.05) is 11.1 Å². The van der Waals surface area contributed by atoms with E-state index in [0.717, 1.165) is 11.3 Å². The van der Waals surface area contributed by atoms with Crippen LogP contribution in [0.15, 0.2) is 33.5 Å². The quantitative estimate of drug-likeness (QED) is 0.154. The first-order valence-corrected chi connectivity index (χ1v) is 12.8. The van der Waals surface area contributed by atoms with Gasteiger partial charge in [0.2, 0.25) is 0 Å². The van der Waals surface area contributed by atoms with Crippen LogP contribution < -0.4 is 11.1 Å². The molecular weight excluding hydrogens is 510 g/mol. The van der Waals surface area contributed by atoms with E-state index >= 15 is 0 Å². The maximum absolute atomic E-state index is 13.0. The molecule has 3 rings (SSSR count). The minimum Gasteiger partial charge on any atom is -0.460 e. The molecule has 3 N–H and O–H groups in total. The van der Waals surface area contributed by atoms with Crippen molar-refractivity contribution in [1.29, 1.82) is 0 Å². The molecule has 1 saturated heterocycles. The number of fused-ring (bicyclic) bond motifs is 1. The van der Waals surface area contributed by atoms with Gasteiger partial charge in [-0.25, -0.2) is 14.6 Å². The number of allylic oxidation sites excluding steroid dienone is 1. The Morgan fingerprint density at radius 2 is 2.11 bits per heavy atom. The second kappa shape index (κ2) is 11.6. The average Bonchev–Trinajstić information content (AvgIpc) is 3.26. The van der Waals surface area contributed by atoms with Crippen molar-refractivity contribution >= 4 is 57.7 Å². The van der Waals surface area contributed by atoms with Crippen LogP contribution in [-0.2, 0) is 33.5 Å². The summed E-state index contributed by atoms with van der Waals surface area (Å²) in [5, 5.41) is 7.63. The summed E-state index contributed by atoms with van der Waals surface area (Å²) in [5.41, 5.74) is 6.66. The van der Waals surface area contributed by atoms with Crippen LogP contribution in [0.1, 0.15) is 33.4 Å². The fourth-order valence-electron chi connectivity index (χ4n) is 3.43. The van der Waals surface area contributed by atoms with Crippen molar-refractivity contribution in [1.82, 2.24) is 15.2 Å². The van der Waals surface area contributed by atoms with Crippen LogP contribution in [0.4, 0.5) is 5.13 Å². The SMILES string of the molecule is CC=C(COC(=O)C1=C(C)CS[C@@H]2[C@H](NC(=O)/C(=N\OC)c3csc(N)n3)C(=O)N12)C(=O)OC(C)C. The molecule has 0 aliphatic carbocycles. The zero-order chi connectivity index (χ0) is 26.6. The largest absolute Gasteiger partial charge is 0.460 e. The number of oxime groups is 1. The maximum atomic E-state index is 13.0. The Hall–Kier alpha value is -3.39. The van der Waals surface area contributed by atoms with E-state index < -0.39 is 35.2 Å². The predicted octanol–water partition coefficient (Wildman–Crippen LogP) is 1.19. The number of amides is 2. The predicted molar refractivity (Wildman–Crippen MR) is 134 cm³/mol. The molecule has 2 aliphatic heterocycles. The van der Waals surface area contributed by atoms with E-state index in [1.165, 1.54) is 29.8 Å². The second-order valence-electron chi connectivity index (χ2n) is 8.03. The van der Waals surface area contributed by atoms with Gasteiger partial charge in [0.1, 0.15) is 36.5 Å². The Kier molecular flexibility index (Phi) is 8.74. The van der Waals surface area contributed by atoms with E-state index in [-0.39, 0.29) is 40.5 Å². The topological polar surface area (TPSA) is 163 Å². The van der Waals surface area contributed by atoms with Crippen LogP contribution in [-0.4, -0.2) is 76.3 Å². The number of thiazole rings is 1. The standard InChI is InChI=1S/C22H27N5O7S2/c1-6-12(20(30)34-10(2)3)7-33-21(31)16-11(4)8-35-19-15(18(29)27(16)19)25-17(28)14(26-32-5)13-9-36-22(23)24-13/h6,9-10,15,19H,7-8H2,1-5H3,(H2,23,24)(H,25,28)/b12-6?,26-14-/t15-,19-/m1/s1. The van der Waals surface area contributed by atoms with Gasteiger partial charge in [0.15, 0.2) is 10.8 Å². The number of nitrogens with one attached hydrogen (secondary N) is 1. The number of nitrogen functional groups attached to an aromatic ring is 1. The van der Waals surface area contributed by atoms with E-state index in [1.54, 1.807) is 33.1 Å². The number of hydrogen-bond acceptors (Lipinski definition) is 12. The number of thioether (sulfide) groups is 1. The van der Waals surface area contributed by atoms with Gasteiger partial charge in [-0.1, -0.05) is 11.2 Å². The molecular formula is C22H27N5O7S2. The van der Waals surface area contributed by atoms with Gasteiger partial charge in [0.05, 0.1) is 11.7 Å². The molecule has 1 fully saturated rings. The Bertz CT molecular complexity index is 1160. The van der Waals surface area contributed by atoms with Gasteiger partial charge in [-0.15, -0.1) is 23.1 Å². The number of esters is 2. The number of β-lactam (4-membered cyclic amide) rings is 1. The summed E-state index contributed by atoms with van der Waals surface area (Å²) in [6, 6.07) is -0.899. The van der Waals surface area contributed by atoms with Crippen LogP contribution in [0.25, 0.3) is 0 Å². The number of carbonyl (C=O) groups excluding carboxylic acids is 4. The highest BCUT2D eigenvalue weighted by Crippen LogP contribution is 2.40. The van der Waals surface area contributed by atoms with Crippen LogP contribution >= 0.6 is 23.1 Å². The summed E-state index contributed by atoms with van der Waals surface area (Å²) in [7, 11) is 1.28. The van der Waals surface area contributed by atoms with E-state index in [2.05, 4.69) is 15.5 Å². The fourth-order valence-corrected chi connectivity index (χ4v) is 5.27. The third-order valence-electron chi connectivity index (χ3n) is 5.11. The first-order chi connectivity index (χ1) is 17.1. The van der Waals surface area contributed by atoms with Gasteiger partial charge < -0.3 is 25.4 Å². The number of aromatic nitrogens is 1. The normalized spacial score (nSPS) is 20.1. The highest BCUT2D eigenvalue weighted by Gasteiger charge is 2.54. The molecule has 1 aromatic heterocycles. The molecule has 0 saturated carbocycles. The van der Waals surface area contributed by atoms with E-state index in [1.807, 2.05) is 0 Å². The first-order valence-electron chi connectivity index (χ1n) is 10.9. The summed E-state index contributed by atoms with van der Waals surface area (Å²) in [6.07, 6.45) is 1.19. The van der Waals surface area contributed by atoms with Crippen LogP contribution in [0.2, 0.25) is 0 Å². The van der Waals surface area contributed by atoms with Crippen molar-refractivity contribution in [3.8, 4) is 0 Å². The molecule has 0 unspecified atom stereocenters. The highest BCUT2D eigenvalue weighted by atomic mass is 32.2. The third kappa shape index (κ3) is 5.70. The molecule has 3 heterocycles. The molecule has 0 aromatic carbocycles. The summed E-state index contributed by atoms with van der Waals surface area (Å²) >= 11 is 2.53. The van der Waals surface area contributed by atoms with E-state index in [9.17, 15) is 19.2 Å². The minimum atomic E-state index is -0.899. The fraction of sp³-hybridized carbons (Fsp3) is 0.455. The number of nitrogens with two attached hydrogens (primary N) is 1. The molecule has 2 amide bonds. The molecule has 12 nitrogen and oxygen atoms in total. The zero-order valence-corrected chi connectivity index (χ0v) is 22.0. The third-order valence-corrected chi connectivity index (χ3v) is 7.21. The number of rotatable bonds is 9. The lowest BCUT2D eigenvalue weighted by molar-refractivity contribution is -0.152. The average molecular weight is 538 g/mol. The summed E-state index contributed by atoms with van der Waals surface area (Å²) in [4.78, 5) is 61.0. The van der Waals surface area contributed by atoms with Crippen LogP contribution in [0.3, 0.4) is 0 Å². The molecule has 194 valence electrons. The van der Waals surface area contributed by atoms with Crippen LogP contribution in [0.5, 0.6) is 0 Å². The minimum absolute atomic E-state index is 0.0972. The Balaban J connectivity index is 1.69. The lowest BCUT2D eigenvalue weighted by Crippen LogP contribution is -2.71. The van der Waals surface area contributed by atoms with Crippen LogP contribution in [0, 0.1) is 0 Å². The monoisotopic (exact) mass is 537 g/mol. The van der Waals surface area contributed by atoms with Gasteiger partial charge in [-0.05, 0) is 33.3 Å². The molecule has 1 aromatic rings. The zero-order valence-electron chi connectivity index (χ0n) is 20.4. The smallest absolute Gasteiger partial charge is 0.355 e. The second-order valence-corrected chi connectivity index (χ2v) is 10.0.